The SMILES string of the molecule is C=C(C1=CC=C(S)CC1C(C)(C=CC)C(C)(C)C)c1ccccc1/C=C\C. The van der Waals surface area contributed by atoms with E-state index in [9.17, 15) is 0 Å². The van der Waals surface area contributed by atoms with E-state index in [1.54, 1.807) is 0 Å². The second-order valence-corrected chi connectivity index (χ2v) is 9.21. The normalized spacial score (nSPS) is 20.5. The molecule has 2 rings (SSSR count). The number of allylic oxidation sites excluding steroid dienone is 8. The molecule has 0 saturated heterocycles. The molecule has 0 amide bonds. The van der Waals surface area contributed by atoms with E-state index in [1.165, 1.54) is 16.7 Å². The molecular formula is C26H34S. The van der Waals surface area contributed by atoms with Gasteiger partial charge in [0.15, 0.2) is 0 Å². The molecular weight excluding hydrogens is 344 g/mol. The Kier molecular flexibility index (Phi) is 6.81. The third kappa shape index (κ3) is 4.41. The molecule has 0 N–H and O–H groups in total. The van der Waals surface area contributed by atoms with Crippen LogP contribution in [-0.4, -0.2) is 0 Å². The number of hydrogen-bond acceptors (Lipinski definition) is 1. The summed E-state index contributed by atoms with van der Waals surface area (Å²) in [5, 5.41) is 0. The van der Waals surface area contributed by atoms with Crippen LogP contribution in [0.1, 0.15) is 59.1 Å². The lowest BCUT2D eigenvalue weighted by molar-refractivity contribution is 0.109. The molecule has 144 valence electrons. The van der Waals surface area contributed by atoms with Crippen molar-refractivity contribution < 1.29 is 0 Å². The molecule has 1 aliphatic rings. The van der Waals surface area contributed by atoms with E-state index in [2.05, 4.69) is 109 Å². The molecule has 2 atom stereocenters. The highest BCUT2D eigenvalue weighted by molar-refractivity contribution is 7.84. The van der Waals surface area contributed by atoms with Crippen LogP contribution in [0.3, 0.4) is 0 Å². The molecule has 0 heterocycles. The summed E-state index contributed by atoms with van der Waals surface area (Å²) in [6, 6.07) is 8.53. The quantitative estimate of drug-likeness (QED) is 0.388. The highest BCUT2D eigenvalue weighted by Crippen LogP contribution is 2.54. The first-order valence-corrected chi connectivity index (χ1v) is 10.3. The Morgan fingerprint density at radius 2 is 1.74 bits per heavy atom. The first-order valence-electron chi connectivity index (χ1n) is 9.80. The van der Waals surface area contributed by atoms with Gasteiger partial charge in [-0.15, -0.1) is 12.6 Å². The summed E-state index contributed by atoms with van der Waals surface area (Å²) in [5.74, 6) is 0.331. The van der Waals surface area contributed by atoms with Gasteiger partial charge in [-0.05, 0) is 64.2 Å². The predicted octanol–water partition coefficient (Wildman–Crippen LogP) is 8.12. The third-order valence-electron chi connectivity index (χ3n) is 6.08. The fourth-order valence-electron chi connectivity index (χ4n) is 4.02. The van der Waals surface area contributed by atoms with Gasteiger partial charge in [-0.2, -0.15) is 0 Å². The summed E-state index contributed by atoms with van der Waals surface area (Å²) in [4.78, 5) is 1.14. The average Bonchev–Trinajstić information content (AvgIpc) is 2.61. The summed E-state index contributed by atoms with van der Waals surface area (Å²) < 4.78 is 0. The maximum atomic E-state index is 4.72. The van der Waals surface area contributed by atoms with Crippen LogP contribution < -0.4 is 0 Å². The van der Waals surface area contributed by atoms with Gasteiger partial charge < -0.3 is 0 Å². The topological polar surface area (TPSA) is 0 Å². The molecule has 0 bridgehead atoms. The lowest BCUT2D eigenvalue weighted by Gasteiger charge is -2.48. The van der Waals surface area contributed by atoms with Crippen LogP contribution in [-0.2, 0) is 0 Å². The van der Waals surface area contributed by atoms with Gasteiger partial charge in [0.25, 0.3) is 0 Å². The van der Waals surface area contributed by atoms with E-state index in [0.717, 1.165) is 16.9 Å². The highest BCUT2D eigenvalue weighted by atomic mass is 32.1. The Hall–Kier alpha value is -1.73. The van der Waals surface area contributed by atoms with Gasteiger partial charge in [-0.3, -0.25) is 0 Å². The lowest BCUT2D eigenvalue weighted by Crippen LogP contribution is -2.40. The van der Waals surface area contributed by atoms with Gasteiger partial charge in [-0.1, -0.05) is 95.0 Å². The minimum atomic E-state index is -0.00565. The van der Waals surface area contributed by atoms with Crippen molar-refractivity contribution in [3.05, 3.63) is 82.8 Å². The molecule has 1 heteroatoms. The van der Waals surface area contributed by atoms with Crippen LogP contribution in [0.25, 0.3) is 11.6 Å². The fourth-order valence-corrected chi connectivity index (χ4v) is 4.28. The number of thiol groups is 1. The lowest BCUT2D eigenvalue weighted by atomic mass is 9.56. The number of benzene rings is 1. The average molecular weight is 379 g/mol. The van der Waals surface area contributed by atoms with Crippen LogP contribution in [0.4, 0.5) is 0 Å². The van der Waals surface area contributed by atoms with Gasteiger partial charge >= 0.3 is 0 Å². The Morgan fingerprint density at radius 1 is 1.07 bits per heavy atom. The van der Waals surface area contributed by atoms with E-state index in [1.807, 2.05) is 0 Å². The summed E-state index contributed by atoms with van der Waals surface area (Å²) in [5.41, 5.74) is 4.96. The second kappa shape index (κ2) is 8.52. The van der Waals surface area contributed by atoms with Gasteiger partial charge in [-0.25, -0.2) is 0 Å². The first kappa shape index (κ1) is 21.6. The monoisotopic (exact) mass is 378 g/mol. The predicted molar refractivity (Wildman–Crippen MR) is 126 cm³/mol. The van der Waals surface area contributed by atoms with Crippen LogP contribution in [0.15, 0.2) is 71.7 Å². The molecule has 2 unspecified atom stereocenters. The van der Waals surface area contributed by atoms with E-state index >= 15 is 0 Å². The zero-order valence-electron chi connectivity index (χ0n) is 17.7. The molecule has 0 saturated carbocycles. The maximum Gasteiger partial charge on any atom is -0.00170 e. The van der Waals surface area contributed by atoms with E-state index < -0.39 is 0 Å². The first-order chi connectivity index (χ1) is 12.7. The van der Waals surface area contributed by atoms with Crippen molar-refractivity contribution in [3.63, 3.8) is 0 Å². The summed E-state index contributed by atoms with van der Waals surface area (Å²) in [7, 11) is 0. The summed E-state index contributed by atoms with van der Waals surface area (Å²) in [6.07, 6.45) is 14.1. The number of rotatable bonds is 5. The molecule has 1 aliphatic carbocycles. The third-order valence-corrected chi connectivity index (χ3v) is 6.41. The van der Waals surface area contributed by atoms with Gasteiger partial charge in [0, 0.05) is 0 Å². The fraction of sp³-hybridized carbons (Fsp3) is 0.385. The smallest absolute Gasteiger partial charge is 0.00170 e. The van der Waals surface area contributed by atoms with E-state index in [0.29, 0.717) is 5.92 Å². The standard InChI is InChI=1S/C26H34S/c1-8-12-20-13-10-11-14-22(20)19(3)23-16-15-21(27)18-24(23)26(7,17-9-2)25(4,5)6/h8-17,24,27H,3,18H2,1-2,4-7H3/b12-8-,17-9?. The van der Waals surface area contributed by atoms with Crippen molar-refractivity contribution in [1.82, 2.24) is 0 Å². The highest BCUT2D eigenvalue weighted by Gasteiger charge is 2.44. The second-order valence-electron chi connectivity index (χ2n) is 8.64. The molecule has 0 fully saturated rings. The molecule has 1 aromatic rings. The Morgan fingerprint density at radius 3 is 2.33 bits per heavy atom. The largest absolute Gasteiger partial charge is 0.148 e. The molecule has 0 aromatic heterocycles. The number of hydrogen-bond donors (Lipinski definition) is 1. The minimum absolute atomic E-state index is 0.00565. The zero-order valence-corrected chi connectivity index (χ0v) is 18.6. The van der Waals surface area contributed by atoms with Crippen molar-refractivity contribution in [2.24, 2.45) is 16.7 Å². The zero-order chi connectivity index (χ0) is 20.2. The van der Waals surface area contributed by atoms with Gasteiger partial charge in [0.2, 0.25) is 0 Å². The Labute approximate surface area is 171 Å². The van der Waals surface area contributed by atoms with Crippen molar-refractivity contribution in [3.8, 4) is 0 Å². The van der Waals surface area contributed by atoms with Crippen molar-refractivity contribution in [2.45, 2.75) is 48.0 Å². The van der Waals surface area contributed by atoms with Crippen LogP contribution in [0, 0.1) is 16.7 Å². The van der Waals surface area contributed by atoms with Crippen LogP contribution >= 0.6 is 12.6 Å². The summed E-state index contributed by atoms with van der Waals surface area (Å²) in [6.45, 7) is 18.1. The molecule has 0 aliphatic heterocycles. The molecule has 1 aromatic carbocycles. The molecule has 27 heavy (non-hydrogen) atoms. The Bertz CT molecular complexity index is 811. The van der Waals surface area contributed by atoms with Crippen molar-refractivity contribution >= 4 is 24.3 Å². The van der Waals surface area contributed by atoms with Gasteiger partial charge in [0.1, 0.15) is 0 Å². The van der Waals surface area contributed by atoms with Gasteiger partial charge in [0.05, 0.1) is 0 Å². The molecule has 0 radical (unpaired) electrons. The summed E-state index contributed by atoms with van der Waals surface area (Å²) >= 11 is 4.72. The van der Waals surface area contributed by atoms with Crippen LogP contribution in [0.2, 0.25) is 0 Å². The van der Waals surface area contributed by atoms with E-state index in [-0.39, 0.29) is 10.8 Å². The van der Waals surface area contributed by atoms with Crippen LogP contribution in [0.5, 0.6) is 0 Å². The van der Waals surface area contributed by atoms with E-state index in [4.69, 9.17) is 12.6 Å². The Balaban J connectivity index is 2.60. The van der Waals surface area contributed by atoms with Crippen molar-refractivity contribution in [1.29, 1.82) is 0 Å². The molecule has 0 spiro atoms. The maximum absolute atomic E-state index is 4.72. The minimum Gasteiger partial charge on any atom is -0.148 e. The molecule has 0 nitrogen and oxygen atoms in total. The van der Waals surface area contributed by atoms with Crippen molar-refractivity contribution in [2.75, 3.05) is 0 Å².